The van der Waals surface area contributed by atoms with Gasteiger partial charge < -0.3 is 14.6 Å². The van der Waals surface area contributed by atoms with Gasteiger partial charge in [-0.1, -0.05) is 36.4 Å². The first-order valence-corrected chi connectivity index (χ1v) is 10.4. The third-order valence-electron chi connectivity index (χ3n) is 5.68. The maximum Gasteiger partial charge on any atom is 0.416 e. The van der Waals surface area contributed by atoms with Crippen LogP contribution in [0.4, 0.5) is 18.9 Å². The molecule has 1 aliphatic heterocycles. The summed E-state index contributed by atoms with van der Waals surface area (Å²) in [4.78, 5) is 27.3. The van der Waals surface area contributed by atoms with Gasteiger partial charge in [-0.3, -0.25) is 14.5 Å². The molecule has 1 amide bonds. The van der Waals surface area contributed by atoms with Crippen molar-refractivity contribution in [3.63, 3.8) is 0 Å². The van der Waals surface area contributed by atoms with Gasteiger partial charge >= 0.3 is 6.18 Å². The molecule has 1 heterocycles. The fourth-order valence-corrected chi connectivity index (χ4v) is 4.02. The molecule has 35 heavy (non-hydrogen) atoms. The Morgan fingerprint density at radius 3 is 2.26 bits per heavy atom. The highest BCUT2D eigenvalue weighted by Crippen LogP contribution is 2.46. The van der Waals surface area contributed by atoms with Crippen molar-refractivity contribution in [2.45, 2.75) is 12.2 Å². The van der Waals surface area contributed by atoms with Crippen LogP contribution in [0, 0.1) is 0 Å². The fraction of sp³-hybridized carbons (Fsp3) is 0.154. The van der Waals surface area contributed by atoms with Crippen molar-refractivity contribution in [2.75, 3.05) is 19.1 Å². The van der Waals surface area contributed by atoms with Gasteiger partial charge in [-0.25, -0.2) is 0 Å². The number of ketones is 1. The number of hydrogen-bond acceptors (Lipinski definition) is 5. The van der Waals surface area contributed by atoms with E-state index in [4.69, 9.17) is 9.47 Å². The lowest BCUT2D eigenvalue weighted by Crippen LogP contribution is -2.30. The van der Waals surface area contributed by atoms with Crippen molar-refractivity contribution in [1.82, 2.24) is 0 Å². The number of ether oxygens (including phenoxy) is 2. The zero-order chi connectivity index (χ0) is 25.3. The van der Waals surface area contributed by atoms with E-state index in [-0.39, 0.29) is 28.1 Å². The van der Waals surface area contributed by atoms with Gasteiger partial charge in [-0.05, 0) is 30.3 Å². The molecule has 1 fully saturated rings. The first-order chi connectivity index (χ1) is 16.7. The molecule has 6 nitrogen and oxygen atoms in total. The first kappa shape index (κ1) is 23.9. The molecule has 1 N–H and O–H groups in total. The Bertz CT molecular complexity index is 1320. The molecule has 3 aromatic carbocycles. The molecule has 0 radical (unpaired) electrons. The molecule has 0 aromatic heterocycles. The number of alkyl halides is 3. The summed E-state index contributed by atoms with van der Waals surface area (Å²) in [5.41, 5.74) is -0.867. The summed E-state index contributed by atoms with van der Waals surface area (Å²) < 4.78 is 50.9. The summed E-state index contributed by atoms with van der Waals surface area (Å²) in [6.45, 7) is 0. The molecule has 0 spiro atoms. The molecular weight excluding hydrogens is 463 g/mol. The molecule has 0 aliphatic carbocycles. The summed E-state index contributed by atoms with van der Waals surface area (Å²) in [5.74, 6) is -1.94. The minimum Gasteiger partial charge on any atom is -0.507 e. The first-order valence-electron chi connectivity index (χ1n) is 10.4. The van der Waals surface area contributed by atoms with E-state index in [1.807, 2.05) is 0 Å². The number of aliphatic hydroxyl groups excluding tert-OH is 1. The Labute approximate surface area is 198 Å². The Morgan fingerprint density at radius 1 is 0.914 bits per heavy atom. The van der Waals surface area contributed by atoms with Gasteiger partial charge in [-0.15, -0.1) is 0 Å². The quantitative estimate of drug-likeness (QED) is 0.301. The molecule has 3 aromatic rings. The minimum atomic E-state index is -4.67. The minimum absolute atomic E-state index is 0.156. The van der Waals surface area contributed by atoms with Crippen molar-refractivity contribution in [1.29, 1.82) is 0 Å². The highest BCUT2D eigenvalue weighted by molar-refractivity contribution is 6.51. The number of methoxy groups -OCH3 is 2. The van der Waals surface area contributed by atoms with E-state index in [9.17, 15) is 27.9 Å². The van der Waals surface area contributed by atoms with Gasteiger partial charge in [0.15, 0.2) is 0 Å². The molecule has 4 rings (SSSR count). The van der Waals surface area contributed by atoms with E-state index < -0.39 is 35.2 Å². The number of Topliss-reactive ketones (excluding diaryl/α,β-unsaturated/α-hetero) is 1. The number of aliphatic hydroxyl groups is 1. The number of rotatable bonds is 5. The van der Waals surface area contributed by atoms with Crippen LogP contribution in [0.3, 0.4) is 0 Å². The summed E-state index contributed by atoms with van der Waals surface area (Å²) in [6, 6.07) is 15.5. The third kappa shape index (κ3) is 4.32. The average Bonchev–Trinajstić information content (AvgIpc) is 3.13. The summed E-state index contributed by atoms with van der Waals surface area (Å²) >= 11 is 0. The summed E-state index contributed by atoms with van der Waals surface area (Å²) in [6.07, 6.45) is -4.67. The second kappa shape index (κ2) is 9.17. The van der Waals surface area contributed by atoms with Crippen LogP contribution in [0.25, 0.3) is 5.76 Å². The van der Waals surface area contributed by atoms with E-state index in [0.717, 1.165) is 23.1 Å². The number of halogens is 3. The van der Waals surface area contributed by atoms with Crippen LogP contribution >= 0.6 is 0 Å². The predicted octanol–water partition coefficient (Wildman–Crippen LogP) is 5.35. The second-order valence-corrected chi connectivity index (χ2v) is 7.69. The maximum absolute atomic E-state index is 13.4. The lowest BCUT2D eigenvalue weighted by atomic mass is 9.94. The van der Waals surface area contributed by atoms with Gasteiger partial charge in [0.1, 0.15) is 17.3 Å². The zero-order valence-corrected chi connectivity index (χ0v) is 18.7. The Morgan fingerprint density at radius 2 is 1.63 bits per heavy atom. The Balaban J connectivity index is 2.00. The predicted molar refractivity (Wildman–Crippen MR) is 122 cm³/mol. The van der Waals surface area contributed by atoms with Crippen molar-refractivity contribution < 1.29 is 37.3 Å². The average molecular weight is 483 g/mol. The number of amides is 1. The fourth-order valence-electron chi connectivity index (χ4n) is 4.02. The number of nitrogens with zero attached hydrogens (tertiary/aromatic N) is 1. The van der Waals surface area contributed by atoms with Crippen molar-refractivity contribution in [2.24, 2.45) is 0 Å². The molecule has 1 unspecified atom stereocenters. The molecule has 9 heteroatoms. The lowest BCUT2D eigenvalue weighted by molar-refractivity contribution is -0.137. The third-order valence-corrected chi connectivity index (χ3v) is 5.68. The van der Waals surface area contributed by atoms with Gasteiger partial charge in [0, 0.05) is 22.9 Å². The van der Waals surface area contributed by atoms with E-state index in [1.54, 1.807) is 36.4 Å². The largest absolute Gasteiger partial charge is 0.507 e. The van der Waals surface area contributed by atoms with Gasteiger partial charge in [0.2, 0.25) is 0 Å². The van der Waals surface area contributed by atoms with Crippen LogP contribution in [-0.4, -0.2) is 31.0 Å². The number of carbonyl (C=O) groups excluding carboxylic acids is 2. The lowest BCUT2D eigenvalue weighted by Gasteiger charge is -2.27. The number of anilines is 1. The molecular formula is C26H20F3NO5. The van der Waals surface area contributed by atoms with Crippen LogP contribution < -0.4 is 14.4 Å². The molecule has 0 bridgehead atoms. The van der Waals surface area contributed by atoms with E-state index in [1.165, 1.54) is 32.4 Å². The normalized spacial score (nSPS) is 17.5. The maximum atomic E-state index is 13.4. The molecule has 1 atom stereocenters. The standard InChI is InChI=1S/C26H20F3NO5/c1-34-18-11-12-19(20(14-18)35-2)22-21(23(31)15-7-4-3-5-8-15)24(32)25(33)30(22)17-10-6-9-16(13-17)26(27,28)29/h3-14,22,31H,1-2H3/b23-21-. The number of benzene rings is 3. The van der Waals surface area contributed by atoms with Gasteiger partial charge in [0.25, 0.3) is 11.7 Å². The van der Waals surface area contributed by atoms with Crippen LogP contribution in [0.1, 0.15) is 22.7 Å². The second-order valence-electron chi connectivity index (χ2n) is 7.69. The van der Waals surface area contributed by atoms with Gasteiger partial charge in [-0.2, -0.15) is 13.2 Å². The molecule has 180 valence electrons. The highest BCUT2D eigenvalue weighted by atomic mass is 19.4. The summed E-state index contributed by atoms with van der Waals surface area (Å²) in [5, 5.41) is 11.1. The number of carbonyl (C=O) groups is 2. The van der Waals surface area contributed by atoms with Crippen LogP contribution in [-0.2, 0) is 15.8 Å². The zero-order valence-electron chi connectivity index (χ0n) is 18.7. The van der Waals surface area contributed by atoms with Crippen molar-refractivity contribution in [3.8, 4) is 11.5 Å². The van der Waals surface area contributed by atoms with E-state index in [2.05, 4.69) is 0 Å². The summed E-state index contributed by atoms with van der Waals surface area (Å²) in [7, 11) is 2.81. The van der Waals surface area contributed by atoms with E-state index in [0.29, 0.717) is 5.75 Å². The van der Waals surface area contributed by atoms with E-state index >= 15 is 0 Å². The molecule has 1 aliphatic rings. The van der Waals surface area contributed by atoms with Crippen molar-refractivity contribution >= 4 is 23.1 Å². The Kier molecular flexibility index (Phi) is 6.26. The van der Waals surface area contributed by atoms with Crippen LogP contribution in [0.2, 0.25) is 0 Å². The number of hydrogen-bond donors (Lipinski definition) is 1. The Hall–Kier alpha value is -4.27. The highest BCUT2D eigenvalue weighted by Gasteiger charge is 2.48. The van der Waals surface area contributed by atoms with Gasteiger partial charge in [0.05, 0.1) is 31.4 Å². The molecule has 0 saturated carbocycles. The van der Waals surface area contributed by atoms with Crippen LogP contribution in [0.15, 0.2) is 78.4 Å². The monoisotopic (exact) mass is 483 g/mol. The smallest absolute Gasteiger partial charge is 0.416 e. The topological polar surface area (TPSA) is 76.1 Å². The van der Waals surface area contributed by atoms with Crippen molar-refractivity contribution in [3.05, 3.63) is 95.1 Å². The van der Waals surface area contributed by atoms with Crippen LogP contribution in [0.5, 0.6) is 11.5 Å². The molecule has 1 saturated heterocycles. The SMILES string of the molecule is COc1ccc(C2/C(=C(/O)c3ccccc3)C(=O)C(=O)N2c2cccc(C(F)(F)F)c2)c(OC)c1.